The summed E-state index contributed by atoms with van der Waals surface area (Å²) in [6, 6.07) is 4.99. The van der Waals surface area contributed by atoms with Gasteiger partial charge in [0.05, 0.1) is 16.1 Å². The Morgan fingerprint density at radius 2 is 2.05 bits per heavy atom. The Morgan fingerprint density at radius 3 is 2.74 bits per heavy atom. The van der Waals surface area contributed by atoms with Crippen molar-refractivity contribution in [3.8, 4) is 0 Å². The number of benzene rings is 1. The maximum Gasteiger partial charge on any atom is 0.243 e. The molecule has 7 heteroatoms. The van der Waals surface area contributed by atoms with Gasteiger partial charge in [-0.25, -0.2) is 0 Å². The van der Waals surface area contributed by atoms with Crippen LogP contribution in [0.1, 0.15) is 18.4 Å². The van der Waals surface area contributed by atoms with Crippen LogP contribution in [0.5, 0.6) is 0 Å². The Hall–Kier alpha value is -0.810. The number of rotatable bonds is 3. The Balaban J connectivity index is 0.00000180. The Kier molecular flexibility index (Phi) is 6.07. The summed E-state index contributed by atoms with van der Waals surface area (Å²) in [6.07, 6.45) is 0.857. The third kappa shape index (κ3) is 4.08. The molecule has 0 spiro atoms. The zero-order chi connectivity index (χ0) is 13.1. The molecule has 2 rings (SSSR count). The van der Waals surface area contributed by atoms with Crippen molar-refractivity contribution >= 4 is 47.4 Å². The zero-order valence-corrected chi connectivity index (χ0v) is 12.2. The van der Waals surface area contributed by atoms with Crippen LogP contribution in [-0.4, -0.2) is 17.9 Å². The van der Waals surface area contributed by atoms with E-state index in [-0.39, 0.29) is 30.3 Å². The van der Waals surface area contributed by atoms with Crippen LogP contribution in [0.2, 0.25) is 10.0 Å². The van der Waals surface area contributed by atoms with E-state index in [4.69, 9.17) is 23.2 Å². The average molecular weight is 324 g/mol. The highest BCUT2D eigenvalue weighted by molar-refractivity contribution is 6.42. The Morgan fingerprint density at radius 1 is 1.32 bits per heavy atom. The predicted molar refractivity (Wildman–Crippen MR) is 76.7 cm³/mol. The predicted octanol–water partition coefficient (Wildman–Crippen LogP) is 2.31. The largest absolute Gasteiger partial charge is 0.302 e. The molecule has 4 nitrogen and oxygen atoms in total. The quantitative estimate of drug-likeness (QED) is 0.839. The van der Waals surface area contributed by atoms with Crippen LogP contribution in [0.4, 0.5) is 0 Å². The number of imide groups is 1. The number of carbonyl (C=O) groups is 2. The first-order chi connectivity index (χ1) is 8.58. The first-order valence-electron chi connectivity index (χ1n) is 5.58. The lowest BCUT2D eigenvalue weighted by atomic mass is 10.1. The van der Waals surface area contributed by atoms with Gasteiger partial charge in [0.1, 0.15) is 0 Å². The first kappa shape index (κ1) is 16.2. The number of piperidine rings is 1. The number of nitrogens with one attached hydrogen (secondary N) is 2. The summed E-state index contributed by atoms with van der Waals surface area (Å²) >= 11 is 11.9. The van der Waals surface area contributed by atoms with Crippen molar-refractivity contribution in [3.63, 3.8) is 0 Å². The van der Waals surface area contributed by atoms with Crippen LogP contribution in [0.25, 0.3) is 0 Å². The first-order valence-corrected chi connectivity index (χ1v) is 6.33. The maximum atomic E-state index is 11.5. The second-order valence-corrected chi connectivity index (χ2v) is 4.88. The molecule has 104 valence electrons. The molecule has 2 N–H and O–H groups in total. The van der Waals surface area contributed by atoms with Gasteiger partial charge in [0.15, 0.2) is 0 Å². The summed E-state index contributed by atoms with van der Waals surface area (Å²) in [6.45, 7) is 0.436. The van der Waals surface area contributed by atoms with Gasteiger partial charge in [-0.1, -0.05) is 35.3 Å². The SMILES string of the molecule is Cl.O=C1CCC(NCc2cccc(Cl)c2Cl)C(=O)N1. The van der Waals surface area contributed by atoms with Crippen molar-refractivity contribution in [2.24, 2.45) is 0 Å². The van der Waals surface area contributed by atoms with Gasteiger partial charge in [0.2, 0.25) is 11.8 Å². The van der Waals surface area contributed by atoms with E-state index in [0.717, 1.165) is 5.56 Å². The fourth-order valence-corrected chi connectivity index (χ4v) is 2.19. The molecule has 0 radical (unpaired) electrons. The van der Waals surface area contributed by atoms with E-state index in [0.29, 0.717) is 29.4 Å². The van der Waals surface area contributed by atoms with Gasteiger partial charge in [-0.05, 0) is 18.1 Å². The minimum atomic E-state index is -0.363. The molecule has 1 aromatic rings. The lowest BCUT2D eigenvalue weighted by Crippen LogP contribution is -2.50. The summed E-state index contributed by atoms with van der Waals surface area (Å²) in [5, 5.41) is 6.33. The number of carbonyl (C=O) groups excluding carboxylic acids is 2. The molecule has 0 bridgehead atoms. The number of halogens is 3. The topological polar surface area (TPSA) is 58.2 Å². The van der Waals surface area contributed by atoms with E-state index >= 15 is 0 Å². The molecule has 1 fully saturated rings. The third-order valence-electron chi connectivity index (χ3n) is 2.81. The van der Waals surface area contributed by atoms with Crippen molar-refractivity contribution in [2.45, 2.75) is 25.4 Å². The van der Waals surface area contributed by atoms with Crippen LogP contribution < -0.4 is 10.6 Å². The normalized spacial score (nSPS) is 18.7. The number of hydrogen-bond acceptors (Lipinski definition) is 3. The molecule has 1 heterocycles. The van der Waals surface area contributed by atoms with Gasteiger partial charge in [0.25, 0.3) is 0 Å². The van der Waals surface area contributed by atoms with Crippen LogP contribution in [0.15, 0.2) is 18.2 Å². The van der Waals surface area contributed by atoms with Gasteiger partial charge in [-0.15, -0.1) is 12.4 Å². The van der Waals surface area contributed by atoms with E-state index in [2.05, 4.69) is 10.6 Å². The van der Waals surface area contributed by atoms with E-state index < -0.39 is 0 Å². The minimum Gasteiger partial charge on any atom is -0.302 e. The molecular weight excluding hydrogens is 311 g/mol. The monoisotopic (exact) mass is 322 g/mol. The van der Waals surface area contributed by atoms with Gasteiger partial charge in [0, 0.05) is 13.0 Å². The van der Waals surface area contributed by atoms with Crippen LogP contribution in [0.3, 0.4) is 0 Å². The second kappa shape index (κ2) is 7.10. The van der Waals surface area contributed by atoms with Crippen LogP contribution in [-0.2, 0) is 16.1 Å². The van der Waals surface area contributed by atoms with E-state index in [1.54, 1.807) is 12.1 Å². The van der Waals surface area contributed by atoms with E-state index in [9.17, 15) is 9.59 Å². The third-order valence-corrected chi connectivity index (χ3v) is 3.67. The fraction of sp³-hybridized carbons (Fsp3) is 0.333. The molecule has 1 saturated heterocycles. The number of hydrogen-bond donors (Lipinski definition) is 2. The van der Waals surface area contributed by atoms with E-state index in [1.165, 1.54) is 0 Å². The van der Waals surface area contributed by atoms with Crippen molar-refractivity contribution in [1.82, 2.24) is 10.6 Å². The van der Waals surface area contributed by atoms with Gasteiger partial charge < -0.3 is 5.32 Å². The molecule has 1 atom stereocenters. The van der Waals surface area contributed by atoms with Gasteiger partial charge >= 0.3 is 0 Å². The molecule has 0 saturated carbocycles. The average Bonchev–Trinajstić information content (AvgIpc) is 2.33. The lowest BCUT2D eigenvalue weighted by molar-refractivity contribution is -0.134. The van der Waals surface area contributed by atoms with Gasteiger partial charge in [-0.2, -0.15) is 0 Å². The highest BCUT2D eigenvalue weighted by Crippen LogP contribution is 2.25. The molecule has 1 aliphatic heterocycles. The molecular formula is C12H13Cl3N2O2. The fourth-order valence-electron chi connectivity index (χ4n) is 1.81. The summed E-state index contributed by atoms with van der Waals surface area (Å²) in [7, 11) is 0. The molecule has 1 aromatic carbocycles. The molecule has 0 aromatic heterocycles. The maximum absolute atomic E-state index is 11.5. The summed E-state index contributed by atoms with van der Waals surface area (Å²) < 4.78 is 0. The van der Waals surface area contributed by atoms with Gasteiger partial charge in [-0.3, -0.25) is 14.9 Å². The van der Waals surface area contributed by atoms with Crippen molar-refractivity contribution in [3.05, 3.63) is 33.8 Å². The standard InChI is InChI=1S/C12H12Cl2N2O2.ClH/c13-8-3-1-2-7(11(8)14)6-15-9-4-5-10(17)16-12(9)18;/h1-3,9,15H,4-6H2,(H,16,17,18);1H. The highest BCUT2D eigenvalue weighted by atomic mass is 35.5. The lowest BCUT2D eigenvalue weighted by Gasteiger charge is -2.22. The summed E-state index contributed by atoms with van der Waals surface area (Å²) in [5.41, 5.74) is 0.828. The van der Waals surface area contributed by atoms with Crippen molar-refractivity contribution < 1.29 is 9.59 Å². The minimum absolute atomic E-state index is 0. The smallest absolute Gasteiger partial charge is 0.243 e. The Labute approximate surface area is 127 Å². The summed E-state index contributed by atoms with van der Waals surface area (Å²) in [4.78, 5) is 22.5. The molecule has 2 amide bonds. The summed E-state index contributed by atoms with van der Waals surface area (Å²) in [5.74, 6) is -0.511. The van der Waals surface area contributed by atoms with E-state index in [1.807, 2.05) is 6.07 Å². The number of amides is 2. The zero-order valence-electron chi connectivity index (χ0n) is 9.91. The van der Waals surface area contributed by atoms with Crippen molar-refractivity contribution in [1.29, 1.82) is 0 Å². The molecule has 1 aliphatic rings. The molecule has 0 aliphatic carbocycles. The highest BCUT2D eigenvalue weighted by Gasteiger charge is 2.25. The Bertz CT molecular complexity index is 494. The molecule has 19 heavy (non-hydrogen) atoms. The molecule has 1 unspecified atom stereocenters. The second-order valence-electron chi connectivity index (χ2n) is 4.10. The van der Waals surface area contributed by atoms with Crippen LogP contribution >= 0.6 is 35.6 Å². The van der Waals surface area contributed by atoms with Crippen LogP contribution in [0, 0.1) is 0 Å². The van der Waals surface area contributed by atoms with Crippen molar-refractivity contribution in [2.75, 3.05) is 0 Å².